The minimum Gasteiger partial charge on any atom is -0.495 e. The molecule has 70 valence electrons. The van der Waals surface area contributed by atoms with Crippen LogP contribution in [0.4, 0.5) is 0 Å². The maximum Gasteiger partial charge on any atom is 0.253 e. The van der Waals surface area contributed by atoms with Crippen molar-refractivity contribution in [3.05, 3.63) is 21.5 Å². The summed E-state index contributed by atoms with van der Waals surface area (Å²) in [7, 11) is 3.12. The highest BCUT2D eigenvalue weighted by molar-refractivity contribution is 14.1. The molecule has 0 saturated heterocycles. The Morgan fingerprint density at radius 1 is 1.69 bits per heavy atom. The van der Waals surface area contributed by atoms with E-state index >= 15 is 0 Å². The van der Waals surface area contributed by atoms with E-state index in [1.165, 1.54) is 7.11 Å². The first-order chi connectivity index (χ1) is 6.19. The van der Waals surface area contributed by atoms with Gasteiger partial charge in [-0.1, -0.05) is 0 Å². The molecule has 1 amide bonds. The molecule has 1 heterocycles. The van der Waals surface area contributed by atoms with Crippen molar-refractivity contribution in [3.63, 3.8) is 0 Å². The van der Waals surface area contributed by atoms with Crippen LogP contribution in [0.15, 0.2) is 12.3 Å². The summed E-state index contributed by atoms with van der Waals surface area (Å²) in [5, 5.41) is 2.53. The molecule has 1 aromatic heterocycles. The van der Waals surface area contributed by atoms with E-state index in [-0.39, 0.29) is 5.91 Å². The van der Waals surface area contributed by atoms with E-state index in [0.717, 1.165) is 0 Å². The standard InChI is InChI=1S/C8H9IN2O2/c1-10-8(12)6-3-5(13-2)4-11-7(6)9/h3-4H,1-2H3,(H,10,12). The molecule has 0 aromatic carbocycles. The molecule has 0 fully saturated rings. The zero-order valence-corrected chi connectivity index (χ0v) is 9.45. The molecule has 4 nitrogen and oxygen atoms in total. The van der Waals surface area contributed by atoms with Crippen molar-refractivity contribution in [3.8, 4) is 5.75 Å². The van der Waals surface area contributed by atoms with Crippen molar-refractivity contribution in [2.24, 2.45) is 0 Å². The van der Waals surface area contributed by atoms with E-state index in [1.54, 1.807) is 19.3 Å². The number of methoxy groups -OCH3 is 1. The Bertz CT molecular complexity index is 328. The Labute approximate surface area is 89.8 Å². The SMILES string of the molecule is CNC(=O)c1cc(OC)cnc1I. The lowest BCUT2D eigenvalue weighted by atomic mass is 10.2. The number of carbonyl (C=O) groups excluding carboxylic acids is 1. The number of nitrogens with one attached hydrogen (secondary N) is 1. The third kappa shape index (κ3) is 2.30. The van der Waals surface area contributed by atoms with Crippen LogP contribution < -0.4 is 10.1 Å². The molecule has 1 rings (SSSR count). The number of halogens is 1. The molecule has 0 aliphatic carbocycles. The number of hydrogen-bond donors (Lipinski definition) is 1. The zero-order chi connectivity index (χ0) is 9.84. The summed E-state index contributed by atoms with van der Waals surface area (Å²) in [5.74, 6) is 0.426. The van der Waals surface area contributed by atoms with Crippen LogP contribution in [0.25, 0.3) is 0 Å². The second-order valence-electron chi connectivity index (χ2n) is 2.29. The summed E-state index contributed by atoms with van der Waals surface area (Å²) in [6, 6.07) is 1.66. The average molecular weight is 292 g/mol. The van der Waals surface area contributed by atoms with E-state index in [9.17, 15) is 4.79 Å². The van der Waals surface area contributed by atoms with Crippen LogP contribution >= 0.6 is 22.6 Å². The van der Waals surface area contributed by atoms with E-state index in [2.05, 4.69) is 10.3 Å². The summed E-state index contributed by atoms with van der Waals surface area (Å²) in [5.41, 5.74) is 0.530. The molecule has 0 unspecified atom stereocenters. The van der Waals surface area contributed by atoms with Crippen LogP contribution in [0.5, 0.6) is 5.75 Å². The fourth-order valence-electron chi connectivity index (χ4n) is 0.834. The van der Waals surface area contributed by atoms with Crippen molar-refractivity contribution >= 4 is 28.5 Å². The first-order valence-electron chi connectivity index (χ1n) is 3.60. The Morgan fingerprint density at radius 3 is 2.92 bits per heavy atom. The highest BCUT2D eigenvalue weighted by atomic mass is 127. The van der Waals surface area contributed by atoms with Gasteiger partial charge in [0.05, 0.1) is 18.9 Å². The summed E-state index contributed by atoms with van der Waals surface area (Å²) in [6.07, 6.45) is 1.58. The minimum absolute atomic E-state index is 0.157. The number of ether oxygens (including phenoxy) is 1. The molecular formula is C8H9IN2O2. The maximum atomic E-state index is 11.3. The molecule has 0 radical (unpaired) electrons. The average Bonchev–Trinajstić information content (AvgIpc) is 2.17. The van der Waals surface area contributed by atoms with Crippen molar-refractivity contribution in [2.45, 2.75) is 0 Å². The highest BCUT2D eigenvalue weighted by Crippen LogP contribution is 2.16. The normalized spacial score (nSPS) is 9.46. The van der Waals surface area contributed by atoms with Gasteiger partial charge in [0.25, 0.3) is 5.91 Å². The lowest BCUT2D eigenvalue weighted by Crippen LogP contribution is -2.19. The second kappa shape index (κ2) is 4.40. The van der Waals surface area contributed by atoms with Gasteiger partial charge in [0.15, 0.2) is 0 Å². The fourth-order valence-corrected chi connectivity index (χ4v) is 1.37. The molecular weight excluding hydrogens is 283 g/mol. The van der Waals surface area contributed by atoms with Gasteiger partial charge in [-0.05, 0) is 28.7 Å². The summed E-state index contributed by atoms with van der Waals surface area (Å²) in [6.45, 7) is 0. The summed E-state index contributed by atoms with van der Waals surface area (Å²) >= 11 is 2.00. The van der Waals surface area contributed by atoms with E-state index in [0.29, 0.717) is 15.0 Å². The van der Waals surface area contributed by atoms with Crippen LogP contribution in [-0.2, 0) is 0 Å². The third-order valence-corrected chi connectivity index (χ3v) is 2.38. The number of amides is 1. The Hall–Kier alpha value is -0.850. The Morgan fingerprint density at radius 2 is 2.38 bits per heavy atom. The molecule has 0 bridgehead atoms. The molecule has 0 aliphatic heterocycles. The number of carbonyl (C=O) groups is 1. The van der Waals surface area contributed by atoms with Gasteiger partial charge in [0.1, 0.15) is 9.45 Å². The quantitative estimate of drug-likeness (QED) is 0.655. The van der Waals surface area contributed by atoms with Crippen molar-refractivity contribution in [1.82, 2.24) is 10.3 Å². The van der Waals surface area contributed by atoms with Crippen LogP contribution in [0.3, 0.4) is 0 Å². The lowest BCUT2D eigenvalue weighted by molar-refractivity contribution is 0.0961. The number of pyridine rings is 1. The number of nitrogens with zero attached hydrogens (tertiary/aromatic N) is 1. The Kier molecular flexibility index (Phi) is 3.47. The molecule has 1 N–H and O–H groups in total. The van der Waals surface area contributed by atoms with E-state index < -0.39 is 0 Å². The van der Waals surface area contributed by atoms with E-state index in [4.69, 9.17) is 4.74 Å². The van der Waals surface area contributed by atoms with Crippen molar-refractivity contribution in [1.29, 1.82) is 0 Å². The molecule has 13 heavy (non-hydrogen) atoms. The first-order valence-corrected chi connectivity index (χ1v) is 4.68. The summed E-state index contributed by atoms with van der Waals surface area (Å²) in [4.78, 5) is 15.3. The van der Waals surface area contributed by atoms with Gasteiger partial charge in [-0.25, -0.2) is 4.98 Å². The fraction of sp³-hybridized carbons (Fsp3) is 0.250. The van der Waals surface area contributed by atoms with Crippen LogP contribution in [0, 0.1) is 3.70 Å². The van der Waals surface area contributed by atoms with Crippen LogP contribution in [0.1, 0.15) is 10.4 Å². The molecule has 5 heteroatoms. The topological polar surface area (TPSA) is 51.2 Å². The Balaban J connectivity index is 3.11. The first kappa shape index (κ1) is 10.2. The maximum absolute atomic E-state index is 11.3. The number of hydrogen-bond acceptors (Lipinski definition) is 3. The highest BCUT2D eigenvalue weighted by Gasteiger charge is 2.10. The van der Waals surface area contributed by atoms with Gasteiger partial charge in [-0.3, -0.25) is 4.79 Å². The molecule has 0 aliphatic rings. The third-order valence-electron chi connectivity index (χ3n) is 1.52. The molecule has 0 saturated carbocycles. The van der Waals surface area contributed by atoms with Gasteiger partial charge >= 0.3 is 0 Å². The minimum atomic E-state index is -0.157. The predicted molar refractivity (Wildman–Crippen MR) is 56.9 cm³/mol. The summed E-state index contributed by atoms with van der Waals surface area (Å²) < 4.78 is 5.62. The smallest absolute Gasteiger partial charge is 0.253 e. The predicted octanol–water partition coefficient (Wildman–Crippen LogP) is 1.05. The lowest BCUT2D eigenvalue weighted by Gasteiger charge is -2.04. The van der Waals surface area contributed by atoms with Crippen LogP contribution in [-0.4, -0.2) is 25.0 Å². The number of rotatable bonds is 2. The van der Waals surface area contributed by atoms with Crippen molar-refractivity contribution in [2.75, 3.05) is 14.2 Å². The second-order valence-corrected chi connectivity index (χ2v) is 3.31. The van der Waals surface area contributed by atoms with Gasteiger partial charge < -0.3 is 10.1 Å². The van der Waals surface area contributed by atoms with Gasteiger partial charge in [0.2, 0.25) is 0 Å². The van der Waals surface area contributed by atoms with Gasteiger partial charge in [0, 0.05) is 7.05 Å². The molecule has 1 aromatic rings. The van der Waals surface area contributed by atoms with Gasteiger partial charge in [-0.2, -0.15) is 0 Å². The van der Waals surface area contributed by atoms with Gasteiger partial charge in [-0.15, -0.1) is 0 Å². The van der Waals surface area contributed by atoms with Crippen LogP contribution in [0.2, 0.25) is 0 Å². The molecule has 0 spiro atoms. The largest absolute Gasteiger partial charge is 0.495 e. The molecule has 0 atom stereocenters. The van der Waals surface area contributed by atoms with Crippen molar-refractivity contribution < 1.29 is 9.53 Å². The number of aromatic nitrogens is 1. The zero-order valence-electron chi connectivity index (χ0n) is 7.30. The van der Waals surface area contributed by atoms with E-state index in [1.807, 2.05) is 22.6 Å². The monoisotopic (exact) mass is 292 g/mol.